The molecule has 0 aliphatic heterocycles. The quantitative estimate of drug-likeness (QED) is 0.714. The van der Waals surface area contributed by atoms with E-state index in [0.717, 1.165) is 4.90 Å². The summed E-state index contributed by atoms with van der Waals surface area (Å²) in [5, 5.41) is 0. The molecule has 0 heterocycles. The van der Waals surface area contributed by atoms with Crippen LogP contribution >= 0.6 is 0 Å². The van der Waals surface area contributed by atoms with Crippen molar-refractivity contribution >= 4 is 18.2 Å². The fraction of sp³-hybridized carbons (Fsp3) is 0.273. The molecule has 0 N–H and O–H groups in total. The first-order valence-corrected chi connectivity index (χ1v) is 4.65. The molecule has 0 aromatic heterocycles. The molecule has 0 bridgehead atoms. The molecule has 1 aromatic carbocycles. The number of imide groups is 1. The summed E-state index contributed by atoms with van der Waals surface area (Å²) in [6.07, 6.45) is -0.463. The summed E-state index contributed by atoms with van der Waals surface area (Å²) in [5.74, 6) is 0. The van der Waals surface area contributed by atoms with Crippen molar-refractivity contribution in [1.82, 2.24) is 0 Å². The molecule has 0 fully saturated rings. The van der Waals surface area contributed by atoms with Crippen LogP contribution in [0, 0.1) is 0 Å². The zero-order valence-corrected chi connectivity index (χ0v) is 8.71. The molecule has 1 aromatic rings. The van der Waals surface area contributed by atoms with Gasteiger partial charge in [-0.25, -0.2) is 9.69 Å². The lowest BCUT2D eigenvalue weighted by Gasteiger charge is -2.16. The molecule has 0 aliphatic carbocycles. The number of carbonyl (C=O) groups is 2. The number of amides is 2. The van der Waals surface area contributed by atoms with Crippen molar-refractivity contribution in [3.05, 3.63) is 30.3 Å². The first-order valence-electron chi connectivity index (χ1n) is 4.65. The average Bonchev–Trinajstić information content (AvgIpc) is 2.19. The molecule has 0 atom stereocenters. The Labute approximate surface area is 88.5 Å². The zero-order chi connectivity index (χ0) is 11.3. The number of nitrogens with zero attached hydrogens (tertiary/aromatic N) is 1. The largest absolute Gasteiger partial charge is 0.446 e. The van der Waals surface area contributed by atoms with Gasteiger partial charge in [0.2, 0.25) is 6.41 Å². The molecule has 2 amide bonds. The van der Waals surface area contributed by atoms with E-state index in [-0.39, 0.29) is 6.10 Å². The highest BCUT2D eigenvalue weighted by atomic mass is 16.6. The highest BCUT2D eigenvalue weighted by Crippen LogP contribution is 2.12. The fourth-order valence-electron chi connectivity index (χ4n) is 1.06. The fourth-order valence-corrected chi connectivity index (χ4v) is 1.06. The Hall–Kier alpha value is -1.84. The number of anilines is 1. The zero-order valence-electron chi connectivity index (χ0n) is 8.71. The number of hydrogen-bond donors (Lipinski definition) is 0. The normalized spacial score (nSPS) is 9.80. The van der Waals surface area contributed by atoms with Crippen LogP contribution in [0.2, 0.25) is 0 Å². The van der Waals surface area contributed by atoms with Crippen LogP contribution in [0.3, 0.4) is 0 Å². The molecule has 4 nitrogen and oxygen atoms in total. The Balaban J connectivity index is 2.81. The van der Waals surface area contributed by atoms with Gasteiger partial charge in [-0.05, 0) is 26.0 Å². The SMILES string of the molecule is CC(C)OC(=O)N(C=O)c1ccccc1. The van der Waals surface area contributed by atoms with E-state index < -0.39 is 6.09 Å². The standard InChI is InChI=1S/C11H13NO3/c1-9(2)15-11(14)12(8-13)10-6-4-3-5-7-10/h3-9H,1-2H3. The summed E-state index contributed by atoms with van der Waals surface area (Å²) < 4.78 is 4.91. The maximum absolute atomic E-state index is 11.5. The van der Waals surface area contributed by atoms with Gasteiger partial charge in [0.1, 0.15) is 0 Å². The lowest BCUT2D eigenvalue weighted by molar-refractivity contribution is -0.107. The molecular formula is C11H13NO3. The maximum Gasteiger partial charge on any atom is 0.421 e. The van der Waals surface area contributed by atoms with Crippen molar-refractivity contribution in [2.45, 2.75) is 20.0 Å². The number of ether oxygens (including phenoxy) is 1. The molecule has 0 saturated carbocycles. The van der Waals surface area contributed by atoms with Gasteiger partial charge in [-0.15, -0.1) is 0 Å². The molecule has 0 aliphatic rings. The van der Waals surface area contributed by atoms with Crippen molar-refractivity contribution in [2.75, 3.05) is 4.90 Å². The van der Waals surface area contributed by atoms with Crippen LogP contribution in [0.25, 0.3) is 0 Å². The Kier molecular flexibility index (Phi) is 3.85. The third kappa shape index (κ3) is 3.09. The lowest BCUT2D eigenvalue weighted by Crippen LogP contribution is -2.31. The minimum absolute atomic E-state index is 0.247. The van der Waals surface area contributed by atoms with Crippen LogP contribution in [0.1, 0.15) is 13.8 Å². The van der Waals surface area contributed by atoms with E-state index in [1.165, 1.54) is 0 Å². The van der Waals surface area contributed by atoms with Crippen molar-refractivity contribution in [3.63, 3.8) is 0 Å². The summed E-state index contributed by atoms with van der Waals surface area (Å²) in [6, 6.07) is 8.62. The summed E-state index contributed by atoms with van der Waals surface area (Å²) in [7, 11) is 0. The molecule has 1 rings (SSSR count). The predicted octanol–water partition coefficient (Wildman–Crippen LogP) is 2.19. The van der Waals surface area contributed by atoms with E-state index >= 15 is 0 Å². The smallest absolute Gasteiger partial charge is 0.421 e. The highest BCUT2D eigenvalue weighted by Gasteiger charge is 2.16. The molecule has 0 spiro atoms. The molecular weight excluding hydrogens is 194 g/mol. The van der Waals surface area contributed by atoms with Crippen molar-refractivity contribution in [2.24, 2.45) is 0 Å². The van der Waals surface area contributed by atoms with Crippen LogP contribution < -0.4 is 4.90 Å². The van der Waals surface area contributed by atoms with Crippen LogP contribution in [0.15, 0.2) is 30.3 Å². The number of carbonyl (C=O) groups excluding carboxylic acids is 2. The molecule has 0 unspecified atom stereocenters. The van der Waals surface area contributed by atoms with E-state index in [1.54, 1.807) is 44.2 Å². The minimum Gasteiger partial charge on any atom is -0.446 e. The molecule has 15 heavy (non-hydrogen) atoms. The third-order valence-electron chi connectivity index (χ3n) is 1.67. The summed E-state index contributed by atoms with van der Waals surface area (Å²) in [4.78, 5) is 23.1. The van der Waals surface area contributed by atoms with Gasteiger partial charge in [-0.1, -0.05) is 18.2 Å². The highest BCUT2D eigenvalue weighted by molar-refractivity contribution is 6.03. The van der Waals surface area contributed by atoms with Crippen molar-refractivity contribution < 1.29 is 14.3 Å². The van der Waals surface area contributed by atoms with Gasteiger partial charge in [-0.3, -0.25) is 4.79 Å². The van der Waals surface area contributed by atoms with Gasteiger partial charge in [0.25, 0.3) is 0 Å². The van der Waals surface area contributed by atoms with Gasteiger partial charge < -0.3 is 4.74 Å². The average molecular weight is 207 g/mol. The van der Waals surface area contributed by atoms with Gasteiger partial charge in [-0.2, -0.15) is 0 Å². The Morgan fingerprint density at radius 1 is 1.33 bits per heavy atom. The Morgan fingerprint density at radius 3 is 2.40 bits per heavy atom. The second-order valence-corrected chi connectivity index (χ2v) is 3.24. The third-order valence-corrected chi connectivity index (χ3v) is 1.67. The van der Waals surface area contributed by atoms with E-state index in [0.29, 0.717) is 12.1 Å². The number of rotatable bonds is 3. The lowest BCUT2D eigenvalue weighted by atomic mass is 10.3. The summed E-state index contributed by atoms with van der Waals surface area (Å²) >= 11 is 0. The minimum atomic E-state index is -0.661. The van der Waals surface area contributed by atoms with Crippen molar-refractivity contribution in [3.8, 4) is 0 Å². The maximum atomic E-state index is 11.5. The monoisotopic (exact) mass is 207 g/mol. The number of para-hydroxylation sites is 1. The van der Waals surface area contributed by atoms with E-state index in [1.807, 2.05) is 0 Å². The van der Waals surface area contributed by atoms with Gasteiger partial charge >= 0.3 is 6.09 Å². The van der Waals surface area contributed by atoms with Crippen LogP contribution in [-0.4, -0.2) is 18.6 Å². The Bertz CT molecular complexity index is 335. The van der Waals surface area contributed by atoms with Gasteiger partial charge in [0.15, 0.2) is 0 Å². The van der Waals surface area contributed by atoms with Crippen LogP contribution in [0.4, 0.5) is 10.5 Å². The second-order valence-electron chi connectivity index (χ2n) is 3.24. The van der Waals surface area contributed by atoms with Gasteiger partial charge in [0.05, 0.1) is 11.8 Å². The van der Waals surface area contributed by atoms with Crippen LogP contribution in [0.5, 0.6) is 0 Å². The first-order chi connectivity index (χ1) is 7.15. The molecule has 0 saturated heterocycles. The summed E-state index contributed by atoms with van der Waals surface area (Å²) in [6.45, 7) is 3.46. The number of hydrogen-bond acceptors (Lipinski definition) is 3. The van der Waals surface area contributed by atoms with E-state index in [4.69, 9.17) is 4.74 Å². The topological polar surface area (TPSA) is 46.6 Å². The van der Waals surface area contributed by atoms with Gasteiger partial charge in [0, 0.05) is 0 Å². The van der Waals surface area contributed by atoms with E-state index in [9.17, 15) is 9.59 Å². The predicted molar refractivity (Wildman–Crippen MR) is 56.6 cm³/mol. The van der Waals surface area contributed by atoms with Crippen molar-refractivity contribution in [1.29, 1.82) is 0 Å². The Morgan fingerprint density at radius 2 is 1.93 bits per heavy atom. The first kappa shape index (κ1) is 11.2. The van der Waals surface area contributed by atoms with E-state index in [2.05, 4.69) is 0 Å². The van der Waals surface area contributed by atoms with Crippen LogP contribution in [-0.2, 0) is 9.53 Å². The number of benzene rings is 1. The molecule has 80 valence electrons. The summed E-state index contributed by atoms with van der Waals surface area (Å²) in [5.41, 5.74) is 0.498. The molecule has 0 radical (unpaired) electrons. The second kappa shape index (κ2) is 5.14. The molecule has 4 heteroatoms.